The van der Waals surface area contributed by atoms with Crippen LogP contribution in [0.1, 0.15) is 35.9 Å². The van der Waals surface area contributed by atoms with Crippen LogP contribution in [0.25, 0.3) is 0 Å². The smallest absolute Gasteiger partial charge is 0.270 e. The number of nitrogens with one attached hydrogen (secondary N) is 2. The average Bonchev–Trinajstić information content (AvgIpc) is 2.50. The number of carbonyl (C=O) groups excluding carboxylic acids is 1. The van der Waals surface area contributed by atoms with E-state index < -0.39 is 0 Å². The molecule has 1 amide bonds. The Kier molecular flexibility index (Phi) is 6.19. The predicted molar refractivity (Wildman–Crippen MR) is 93.8 cm³/mol. The van der Waals surface area contributed by atoms with Crippen molar-refractivity contribution in [1.29, 1.82) is 0 Å². The molecule has 1 aromatic carbocycles. The fourth-order valence-corrected chi connectivity index (χ4v) is 2.38. The molecule has 2 N–H and O–H groups in total. The lowest BCUT2D eigenvalue weighted by Crippen LogP contribution is -2.25. The van der Waals surface area contributed by atoms with Gasteiger partial charge in [-0.15, -0.1) is 0 Å². The van der Waals surface area contributed by atoms with Crippen molar-refractivity contribution < 1.29 is 4.79 Å². The van der Waals surface area contributed by atoms with Crippen molar-refractivity contribution >= 4 is 40.7 Å². The molecule has 5 nitrogen and oxygen atoms in total. The molecule has 0 aliphatic heterocycles. The van der Waals surface area contributed by atoms with Gasteiger partial charge in [-0.2, -0.15) is 0 Å². The van der Waals surface area contributed by atoms with Crippen LogP contribution in [-0.2, 0) is 0 Å². The normalized spacial score (nSPS) is 10.4. The van der Waals surface area contributed by atoms with Crippen molar-refractivity contribution in [2.24, 2.45) is 0 Å². The van der Waals surface area contributed by atoms with E-state index in [-0.39, 0.29) is 5.91 Å². The third-order valence-electron chi connectivity index (χ3n) is 3.08. The lowest BCUT2D eigenvalue weighted by Gasteiger charge is -2.10. The molecule has 1 aromatic heterocycles. The van der Waals surface area contributed by atoms with Gasteiger partial charge in [0.05, 0.1) is 10.7 Å². The monoisotopic (exact) mass is 352 g/mol. The van der Waals surface area contributed by atoms with E-state index in [1.807, 2.05) is 0 Å². The van der Waals surface area contributed by atoms with E-state index in [4.69, 9.17) is 23.2 Å². The van der Waals surface area contributed by atoms with Crippen LogP contribution in [0.4, 0.5) is 11.6 Å². The SMILES string of the molecule is CCCCNC(=O)c1cc(C)nc(Nc2ccc(Cl)cc2Cl)n1. The molecule has 0 saturated carbocycles. The number of rotatable bonds is 6. The van der Waals surface area contributed by atoms with Crippen LogP contribution >= 0.6 is 23.2 Å². The van der Waals surface area contributed by atoms with Crippen LogP contribution in [0.15, 0.2) is 24.3 Å². The van der Waals surface area contributed by atoms with Gasteiger partial charge in [0, 0.05) is 17.3 Å². The Morgan fingerprint density at radius 2 is 2.00 bits per heavy atom. The number of anilines is 2. The molecule has 0 bridgehead atoms. The highest BCUT2D eigenvalue weighted by Crippen LogP contribution is 2.27. The van der Waals surface area contributed by atoms with Crippen molar-refractivity contribution in [2.45, 2.75) is 26.7 Å². The molecule has 0 spiro atoms. The van der Waals surface area contributed by atoms with E-state index in [1.54, 1.807) is 31.2 Å². The molecule has 7 heteroatoms. The quantitative estimate of drug-likeness (QED) is 0.757. The van der Waals surface area contributed by atoms with Crippen molar-refractivity contribution in [2.75, 3.05) is 11.9 Å². The highest BCUT2D eigenvalue weighted by Gasteiger charge is 2.11. The first-order chi connectivity index (χ1) is 11.0. The van der Waals surface area contributed by atoms with E-state index in [0.717, 1.165) is 12.8 Å². The van der Waals surface area contributed by atoms with Gasteiger partial charge in [-0.05, 0) is 37.6 Å². The largest absolute Gasteiger partial charge is 0.351 e. The molecule has 0 fully saturated rings. The molecule has 0 aliphatic rings. The molecule has 23 heavy (non-hydrogen) atoms. The Morgan fingerprint density at radius 3 is 2.70 bits per heavy atom. The Morgan fingerprint density at radius 1 is 1.22 bits per heavy atom. The molecular weight excluding hydrogens is 335 g/mol. The van der Waals surface area contributed by atoms with E-state index in [0.29, 0.717) is 39.6 Å². The fourth-order valence-electron chi connectivity index (χ4n) is 1.92. The summed E-state index contributed by atoms with van der Waals surface area (Å²) < 4.78 is 0. The second-order valence-corrected chi connectivity index (χ2v) is 5.92. The van der Waals surface area contributed by atoms with Gasteiger partial charge < -0.3 is 10.6 Å². The molecule has 2 rings (SSSR count). The number of nitrogens with zero attached hydrogens (tertiary/aromatic N) is 2. The summed E-state index contributed by atoms with van der Waals surface area (Å²) in [5.74, 6) is 0.101. The number of benzene rings is 1. The summed E-state index contributed by atoms with van der Waals surface area (Å²) in [6.45, 7) is 4.50. The number of aryl methyl sites for hydroxylation is 1. The molecule has 1 heterocycles. The number of halogens is 2. The number of unbranched alkanes of at least 4 members (excludes halogenated alkanes) is 1. The standard InChI is InChI=1S/C16H18Cl2N4O/c1-3-4-7-19-15(23)14-8-10(2)20-16(22-14)21-13-6-5-11(17)9-12(13)18/h5-6,8-9H,3-4,7H2,1-2H3,(H,19,23)(H,20,21,22). The number of hydrogen-bond donors (Lipinski definition) is 2. The van der Waals surface area contributed by atoms with Gasteiger partial charge in [-0.1, -0.05) is 36.5 Å². The minimum absolute atomic E-state index is 0.214. The lowest BCUT2D eigenvalue weighted by atomic mass is 10.3. The zero-order valence-electron chi connectivity index (χ0n) is 13.0. The van der Waals surface area contributed by atoms with Crippen molar-refractivity contribution in [3.63, 3.8) is 0 Å². The molecule has 2 aromatic rings. The zero-order valence-corrected chi connectivity index (χ0v) is 14.5. The summed E-state index contributed by atoms with van der Waals surface area (Å²) >= 11 is 12.0. The first-order valence-corrected chi connectivity index (χ1v) is 8.11. The third kappa shape index (κ3) is 5.08. The minimum Gasteiger partial charge on any atom is -0.351 e. The summed E-state index contributed by atoms with van der Waals surface area (Å²) in [5.41, 5.74) is 1.63. The van der Waals surface area contributed by atoms with Crippen LogP contribution in [0.5, 0.6) is 0 Å². The molecule has 0 radical (unpaired) electrons. The van der Waals surface area contributed by atoms with Crippen molar-refractivity contribution in [3.05, 3.63) is 45.7 Å². The highest BCUT2D eigenvalue weighted by atomic mass is 35.5. The summed E-state index contributed by atoms with van der Waals surface area (Å²) in [4.78, 5) is 20.6. The van der Waals surface area contributed by atoms with Gasteiger partial charge in [0.15, 0.2) is 0 Å². The first kappa shape index (κ1) is 17.5. The fraction of sp³-hybridized carbons (Fsp3) is 0.312. The van der Waals surface area contributed by atoms with Gasteiger partial charge in [0.25, 0.3) is 5.91 Å². The number of hydrogen-bond acceptors (Lipinski definition) is 4. The van der Waals surface area contributed by atoms with Crippen LogP contribution in [-0.4, -0.2) is 22.4 Å². The zero-order chi connectivity index (χ0) is 16.8. The lowest BCUT2D eigenvalue weighted by molar-refractivity contribution is 0.0948. The Labute approximate surface area is 145 Å². The minimum atomic E-state index is -0.214. The highest BCUT2D eigenvalue weighted by molar-refractivity contribution is 6.36. The van der Waals surface area contributed by atoms with Crippen molar-refractivity contribution in [3.8, 4) is 0 Å². The number of aromatic nitrogens is 2. The van der Waals surface area contributed by atoms with Crippen molar-refractivity contribution in [1.82, 2.24) is 15.3 Å². The summed E-state index contributed by atoms with van der Waals surface area (Å²) in [7, 11) is 0. The van der Waals surface area contributed by atoms with Gasteiger partial charge in [0.2, 0.25) is 5.95 Å². The maximum absolute atomic E-state index is 12.1. The van der Waals surface area contributed by atoms with E-state index in [9.17, 15) is 4.79 Å². The topological polar surface area (TPSA) is 66.9 Å². The predicted octanol–water partition coefficient (Wildman–Crippen LogP) is 4.37. The second kappa shape index (κ2) is 8.13. The van der Waals surface area contributed by atoms with Gasteiger partial charge in [-0.3, -0.25) is 4.79 Å². The van der Waals surface area contributed by atoms with Gasteiger partial charge in [0.1, 0.15) is 5.69 Å². The summed E-state index contributed by atoms with van der Waals surface area (Å²) in [5, 5.41) is 6.84. The molecule has 0 unspecified atom stereocenters. The summed E-state index contributed by atoms with van der Waals surface area (Å²) in [6, 6.07) is 6.72. The maximum atomic E-state index is 12.1. The number of amides is 1. The Hall–Kier alpha value is -1.85. The molecule has 0 saturated heterocycles. The van der Waals surface area contributed by atoms with Gasteiger partial charge in [-0.25, -0.2) is 9.97 Å². The Bertz CT molecular complexity index is 706. The van der Waals surface area contributed by atoms with Crippen LogP contribution in [0, 0.1) is 6.92 Å². The molecule has 0 atom stereocenters. The average molecular weight is 353 g/mol. The third-order valence-corrected chi connectivity index (χ3v) is 3.63. The van der Waals surface area contributed by atoms with E-state index in [2.05, 4.69) is 27.5 Å². The van der Waals surface area contributed by atoms with Crippen LogP contribution < -0.4 is 10.6 Å². The van der Waals surface area contributed by atoms with Gasteiger partial charge >= 0.3 is 0 Å². The molecule has 0 aliphatic carbocycles. The Balaban J connectivity index is 2.18. The van der Waals surface area contributed by atoms with Crippen LogP contribution in [0.3, 0.4) is 0 Å². The van der Waals surface area contributed by atoms with Crippen LogP contribution in [0.2, 0.25) is 10.0 Å². The maximum Gasteiger partial charge on any atom is 0.270 e. The molecule has 122 valence electrons. The number of carbonyl (C=O) groups is 1. The summed E-state index contributed by atoms with van der Waals surface area (Å²) in [6.07, 6.45) is 1.95. The second-order valence-electron chi connectivity index (χ2n) is 5.08. The van der Waals surface area contributed by atoms with E-state index >= 15 is 0 Å². The van der Waals surface area contributed by atoms with E-state index in [1.165, 1.54) is 0 Å². The first-order valence-electron chi connectivity index (χ1n) is 7.35. The molecular formula is C16H18Cl2N4O.